The third-order valence-electron chi connectivity index (χ3n) is 1.67. The summed E-state index contributed by atoms with van der Waals surface area (Å²) in [6.07, 6.45) is 0. The molecular formula is C9H7F4. The van der Waals surface area contributed by atoms with Crippen molar-refractivity contribution in [2.45, 2.75) is 5.92 Å². The van der Waals surface area contributed by atoms with Gasteiger partial charge in [-0.25, -0.2) is 13.2 Å². The van der Waals surface area contributed by atoms with E-state index in [2.05, 4.69) is 6.92 Å². The van der Waals surface area contributed by atoms with E-state index in [0.717, 1.165) is 6.07 Å². The maximum absolute atomic E-state index is 12.9. The van der Waals surface area contributed by atoms with Crippen molar-refractivity contribution < 1.29 is 17.6 Å². The second-order valence-electron chi connectivity index (χ2n) is 2.61. The molecule has 0 aliphatic rings. The van der Waals surface area contributed by atoms with E-state index in [1.807, 2.05) is 0 Å². The van der Waals surface area contributed by atoms with Crippen LogP contribution in [0.25, 0.3) is 0 Å². The molecule has 1 aromatic rings. The molecule has 4 heteroatoms. The third-order valence-corrected chi connectivity index (χ3v) is 1.67. The van der Waals surface area contributed by atoms with E-state index in [-0.39, 0.29) is 0 Å². The summed E-state index contributed by atoms with van der Waals surface area (Å²) in [6, 6.07) is 1.40. The monoisotopic (exact) mass is 191 g/mol. The lowest BCUT2D eigenvalue weighted by atomic mass is 10.0. The highest BCUT2D eigenvalue weighted by molar-refractivity contribution is 5.25. The van der Waals surface area contributed by atoms with Gasteiger partial charge in [-0.05, 0) is 19.1 Å². The van der Waals surface area contributed by atoms with Gasteiger partial charge in [-0.3, -0.25) is 4.39 Å². The van der Waals surface area contributed by atoms with Crippen LogP contribution in [0.3, 0.4) is 0 Å². The Bertz CT molecular complexity index is 309. The van der Waals surface area contributed by atoms with Gasteiger partial charge in [0.15, 0.2) is 11.6 Å². The van der Waals surface area contributed by atoms with Gasteiger partial charge in [-0.15, -0.1) is 0 Å². The van der Waals surface area contributed by atoms with Crippen molar-refractivity contribution in [3.8, 4) is 0 Å². The van der Waals surface area contributed by atoms with Crippen LogP contribution in [0.4, 0.5) is 17.6 Å². The maximum Gasteiger partial charge on any atom is 0.165 e. The molecule has 0 N–H and O–H groups in total. The number of rotatable bonds is 2. The van der Waals surface area contributed by atoms with Crippen molar-refractivity contribution in [1.82, 2.24) is 0 Å². The quantitative estimate of drug-likeness (QED) is 0.498. The van der Waals surface area contributed by atoms with Crippen LogP contribution in [-0.2, 0) is 0 Å². The number of alkyl halides is 1. The Morgan fingerprint density at radius 3 is 2.23 bits per heavy atom. The molecule has 0 spiro atoms. The van der Waals surface area contributed by atoms with E-state index in [0.29, 0.717) is 6.07 Å². The highest BCUT2D eigenvalue weighted by atomic mass is 19.2. The molecule has 0 fully saturated rings. The van der Waals surface area contributed by atoms with E-state index in [9.17, 15) is 17.6 Å². The molecule has 0 aromatic heterocycles. The SMILES string of the molecule is [CH2]C(CF)c1c(F)ccc(F)c1F. The Morgan fingerprint density at radius 2 is 1.69 bits per heavy atom. The lowest BCUT2D eigenvalue weighted by molar-refractivity contribution is 0.425. The Balaban J connectivity index is 3.25. The zero-order valence-electron chi connectivity index (χ0n) is 6.66. The molecule has 0 heterocycles. The average Bonchev–Trinajstić information content (AvgIpc) is 2.12. The number of benzene rings is 1. The van der Waals surface area contributed by atoms with E-state index < -0.39 is 35.6 Å². The summed E-state index contributed by atoms with van der Waals surface area (Å²) in [5, 5.41) is 0. The van der Waals surface area contributed by atoms with Crippen LogP contribution in [0.5, 0.6) is 0 Å². The molecule has 1 unspecified atom stereocenters. The molecule has 0 aliphatic carbocycles. The summed E-state index contributed by atoms with van der Waals surface area (Å²) < 4.78 is 50.3. The van der Waals surface area contributed by atoms with Crippen LogP contribution >= 0.6 is 0 Å². The number of halogens is 4. The van der Waals surface area contributed by atoms with Gasteiger partial charge in [0.1, 0.15) is 5.82 Å². The normalized spacial score (nSPS) is 13.0. The standard InChI is InChI=1S/C9H7F4/c1-5(4-10)8-6(11)2-3-7(12)9(8)13/h2-3,5H,1,4H2. The lowest BCUT2D eigenvalue weighted by Crippen LogP contribution is -2.05. The van der Waals surface area contributed by atoms with Crippen LogP contribution in [0.1, 0.15) is 11.5 Å². The molecule has 1 atom stereocenters. The van der Waals surface area contributed by atoms with Gasteiger partial charge in [-0.1, -0.05) is 0 Å². The average molecular weight is 191 g/mol. The second kappa shape index (κ2) is 3.77. The Labute approximate surface area is 73.2 Å². The van der Waals surface area contributed by atoms with Crippen LogP contribution < -0.4 is 0 Å². The molecule has 0 amide bonds. The van der Waals surface area contributed by atoms with Crippen LogP contribution in [-0.4, -0.2) is 6.67 Å². The molecule has 0 bridgehead atoms. The fraction of sp³-hybridized carbons (Fsp3) is 0.222. The summed E-state index contributed by atoms with van der Waals surface area (Å²) in [5.74, 6) is -4.75. The summed E-state index contributed by atoms with van der Waals surface area (Å²) in [5.41, 5.74) is -0.637. The number of hydrogen-bond donors (Lipinski definition) is 0. The summed E-state index contributed by atoms with van der Waals surface area (Å²) in [4.78, 5) is 0. The molecule has 0 saturated heterocycles. The molecule has 0 nitrogen and oxygen atoms in total. The molecular weight excluding hydrogens is 184 g/mol. The largest absolute Gasteiger partial charge is 0.250 e. The first kappa shape index (κ1) is 10.0. The predicted molar refractivity (Wildman–Crippen MR) is 40.4 cm³/mol. The highest BCUT2D eigenvalue weighted by Gasteiger charge is 2.19. The minimum absolute atomic E-state index is 0.637. The molecule has 0 saturated carbocycles. The van der Waals surface area contributed by atoms with Gasteiger partial charge in [0.2, 0.25) is 0 Å². The maximum atomic E-state index is 12.9. The van der Waals surface area contributed by atoms with Crippen molar-refractivity contribution in [1.29, 1.82) is 0 Å². The van der Waals surface area contributed by atoms with Crippen molar-refractivity contribution in [3.63, 3.8) is 0 Å². The van der Waals surface area contributed by atoms with Gasteiger partial charge in [0, 0.05) is 11.5 Å². The van der Waals surface area contributed by atoms with E-state index in [1.165, 1.54) is 0 Å². The molecule has 0 aliphatic heterocycles. The van der Waals surface area contributed by atoms with Gasteiger partial charge in [0.05, 0.1) is 6.67 Å². The van der Waals surface area contributed by atoms with Crippen molar-refractivity contribution >= 4 is 0 Å². The van der Waals surface area contributed by atoms with Gasteiger partial charge in [-0.2, -0.15) is 0 Å². The van der Waals surface area contributed by atoms with Gasteiger partial charge in [0.25, 0.3) is 0 Å². The first-order chi connectivity index (χ1) is 6.07. The minimum Gasteiger partial charge on any atom is -0.250 e. The summed E-state index contributed by atoms with van der Waals surface area (Å²) in [6.45, 7) is 2.14. The van der Waals surface area contributed by atoms with Crippen molar-refractivity contribution in [2.24, 2.45) is 0 Å². The van der Waals surface area contributed by atoms with Gasteiger partial charge >= 0.3 is 0 Å². The van der Waals surface area contributed by atoms with Crippen LogP contribution in [0.2, 0.25) is 0 Å². The van der Waals surface area contributed by atoms with Gasteiger partial charge < -0.3 is 0 Å². The van der Waals surface area contributed by atoms with Crippen LogP contribution in [0.15, 0.2) is 12.1 Å². The molecule has 13 heavy (non-hydrogen) atoms. The van der Waals surface area contributed by atoms with E-state index in [4.69, 9.17) is 0 Å². The Hall–Kier alpha value is -1.06. The summed E-state index contributed by atoms with van der Waals surface area (Å²) >= 11 is 0. The smallest absolute Gasteiger partial charge is 0.165 e. The Morgan fingerprint density at radius 1 is 1.15 bits per heavy atom. The minimum atomic E-state index is -1.36. The first-order valence-corrected chi connectivity index (χ1v) is 3.60. The topological polar surface area (TPSA) is 0 Å². The number of hydrogen-bond acceptors (Lipinski definition) is 0. The molecule has 1 radical (unpaired) electrons. The second-order valence-corrected chi connectivity index (χ2v) is 2.61. The highest BCUT2D eigenvalue weighted by Crippen LogP contribution is 2.24. The predicted octanol–water partition coefficient (Wildman–Crippen LogP) is 2.99. The van der Waals surface area contributed by atoms with E-state index in [1.54, 1.807) is 0 Å². The first-order valence-electron chi connectivity index (χ1n) is 3.60. The fourth-order valence-corrected chi connectivity index (χ4v) is 0.994. The van der Waals surface area contributed by atoms with Crippen LogP contribution in [0, 0.1) is 24.4 Å². The fourth-order valence-electron chi connectivity index (χ4n) is 0.994. The van der Waals surface area contributed by atoms with Crippen molar-refractivity contribution in [3.05, 3.63) is 42.1 Å². The lowest BCUT2D eigenvalue weighted by Gasteiger charge is -2.09. The molecule has 1 aromatic carbocycles. The molecule has 1 rings (SSSR count). The third kappa shape index (κ3) is 1.82. The Kier molecular flexibility index (Phi) is 2.90. The molecule has 71 valence electrons. The zero-order valence-corrected chi connectivity index (χ0v) is 6.66. The summed E-state index contributed by atoms with van der Waals surface area (Å²) in [7, 11) is 0. The van der Waals surface area contributed by atoms with Crippen molar-refractivity contribution in [2.75, 3.05) is 6.67 Å². The van der Waals surface area contributed by atoms with E-state index >= 15 is 0 Å². The zero-order chi connectivity index (χ0) is 10.0.